The topological polar surface area (TPSA) is 58.9 Å². The van der Waals surface area contributed by atoms with Crippen LogP contribution < -0.4 is 5.56 Å². The minimum Gasteiger partial charge on any atom is -0.462 e. The number of rotatable bonds is 4. The molecule has 2 heterocycles. The second-order valence-electron chi connectivity index (χ2n) is 7.95. The zero-order valence-corrected chi connectivity index (χ0v) is 18.5. The lowest BCUT2D eigenvalue weighted by Gasteiger charge is -2.16. The summed E-state index contributed by atoms with van der Waals surface area (Å²) in [6.07, 6.45) is -9.35. The number of hydrogen-bond acceptors (Lipinski definition) is 3. The first-order valence-corrected chi connectivity index (χ1v) is 10.4. The molecule has 0 bridgehead atoms. The van der Waals surface area contributed by atoms with Crippen molar-refractivity contribution in [1.82, 2.24) is 4.57 Å². The second-order valence-corrected chi connectivity index (χ2v) is 7.95. The average molecular weight is 542 g/mol. The van der Waals surface area contributed by atoms with Crippen molar-refractivity contribution in [3.05, 3.63) is 105 Å². The van der Waals surface area contributed by atoms with Crippen LogP contribution in [0.3, 0.4) is 0 Å². The van der Waals surface area contributed by atoms with E-state index in [1.807, 2.05) is 0 Å². The first kappa shape index (κ1) is 26.6. The number of benzene rings is 2. The van der Waals surface area contributed by atoms with Gasteiger partial charge in [0, 0.05) is 17.2 Å². The van der Waals surface area contributed by atoms with Gasteiger partial charge in [0.25, 0.3) is 5.56 Å². The SMILES string of the molecule is N#Cc1c(C(F)(F)F)cc(-c2cc(-c3ccc(F)c(C(F)(F)F)c3)co2)n(Cc2ccc(F)cc2F)c1=O. The zero-order valence-electron chi connectivity index (χ0n) is 18.5. The molecule has 0 radical (unpaired) electrons. The smallest absolute Gasteiger partial charge is 0.419 e. The van der Waals surface area contributed by atoms with Crippen LogP contribution in [0.15, 0.2) is 64.0 Å². The number of nitriles is 1. The van der Waals surface area contributed by atoms with Crippen molar-refractivity contribution in [2.75, 3.05) is 0 Å². The van der Waals surface area contributed by atoms with Crippen LogP contribution in [0.5, 0.6) is 0 Å². The third kappa shape index (κ3) is 5.02. The molecule has 13 heteroatoms. The molecule has 0 spiro atoms. The Bertz CT molecular complexity index is 1640. The molecule has 196 valence electrons. The van der Waals surface area contributed by atoms with Crippen LogP contribution >= 0.6 is 0 Å². The average Bonchev–Trinajstić information content (AvgIpc) is 3.30. The number of nitrogens with zero attached hydrogens (tertiary/aromatic N) is 2. The van der Waals surface area contributed by atoms with Crippen LogP contribution in [0, 0.1) is 28.8 Å². The molecular formula is C25H11F9N2O2. The predicted molar refractivity (Wildman–Crippen MR) is 114 cm³/mol. The largest absolute Gasteiger partial charge is 0.462 e. The first-order valence-electron chi connectivity index (χ1n) is 10.4. The second kappa shape index (κ2) is 9.44. The van der Waals surface area contributed by atoms with E-state index in [1.54, 1.807) is 0 Å². The first-order chi connectivity index (χ1) is 17.7. The minimum absolute atomic E-state index is 0.115. The summed E-state index contributed by atoms with van der Waals surface area (Å²) in [7, 11) is 0. The molecule has 2 aromatic heterocycles. The quantitative estimate of drug-likeness (QED) is 0.258. The molecule has 0 aliphatic rings. The van der Waals surface area contributed by atoms with Crippen molar-refractivity contribution < 1.29 is 43.9 Å². The Morgan fingerprint density at radius 3 is 2.11 bits per heavy atom. The maximum Gasteiger partial charge on any atom is 0.419 e. The standard InChI is InChI=1S/C25H11F9N2O2/c26-15-3-1-13(20(28)7-15)10-36-21(8-17(24(29,30)31)16(9-35)23(36)37)22-6-14(11-38-22)12-2-4-19(27)18(5-12)25(32,33)34/h1-8,11H,10H2. The summed E-state index contributed by atoms with van der Waals surface area (Å²) in [5.74, 6) is -4.11. The summed E-state index contributed by atoms with van der Waals surface area (Å²) in [5.41, 5.74) is -7.25. The third-order valence-electron chi connectivity index (χ3n) is 5.52. The van der Waals surface area contributed by atoms with E-state index in [2.05, 4.69) is 0 Å². The third-order valence-corrected chi connectivity index (χ3v) is 5.52. The Morgan fingerprint density at radius 2 is 1.50 bits per heavy atom. The highest BCUT2D eigenvalue weighted by atomic mass is 19.4. The van der Waals surface area contributed by atoms with E-state index in [0.29, 0.717) is 28.8 Å². The Balaban J connectivity index is 1.92. The van der Waals surface area contributed by atoms with Crippen LogP contribution in [0.2, 0.25) is 0 Å². The summed E-state index contributed by atoms with van der Waals surface area (Å²) >= 11 is 0. The number of furan rings is 1. The molecule has 0 N–H and O–H groups in total. The molecule has 0 fully saturated rings. The monoisotopic (exact) mass is 542 g/mol. The van der Waals surface area contributed by atoms with Gasteiger partial charge >= 0.3 is 12.4 Å². The highest BCUT2D eigenvalue weighted by molar-refractivity contribution is 5.70. The van der Waals surface area contributed by atoms with Gasteiger partial charge in [0.05, 0.1) is 29.6 Å². The van der Waals surface area contributed by atoms with Gasteiger partial charge < -0.3 is 4.42 Å². The van der Waals surface area contributed by atoms with E-state index in [9.17, 15) is 49.6 Å². The fraction of sp³-hybridized carbons (Fsp3) is 0.120. The van der Waals surface area contributed by atoms with Crippen LogP contribution in [-0.4, -0.2) is 4.57 Å². The molecule has 0 unspecified atom stereocenters. The van der Waals surface area contributed by atoms with Crippen molar-refractivity contribution in [3.63, 3.8) is 0 Å². The summed E-state index contributed by atoms with van der Waals surface area (Å²) in [6.45, 7) is -0.752. The zero-order chi connectivity index (χ0) is 28.0. The van der Waals surface area contributed by atoms with Crippen molar-refractivity contribution in [2.24, 2.45) is 0 Å². The van der Waals surface area contributed by atoms with Gasteiger partial charge in [-0.25, -0.2) is 13.2 Å². The van der Waals surface area contributed by atoms with Crippen LogP contribution in [0.1, 0.15) is 22.3 Å². The fourth-order valence-electron chi connectivity index (χ4n) is 3.70. The molecule has 2 aromatic carbocycles. The summed E-state index contributed by atoms with van der Waals surface area (Å²) < 4.78 is 127. The van der Waals surface area contributed by atoms with Crippen LogP contribution in [0.4, 0.5) is 39.5 Å². The van der Waals surface area contributed by atoms with Gasteiger partial charge in [0.15, 0.2) is 5.76 Å². The van der Waals surface area contributed by atoms with E-state index in [0.717, 1.165) is 30.5 Å². The molecule has 4 nitrogen and oxygen atoms in total. The number of pyridine rings is 1. The van der Waals surface area contributed by atoms with Gasteiger partial charge in [-0.05, 0) is 35.9 Å². The highest BCUT2D eigenvalue weighted by Gasteiger charge is 2.37. The molecule has 0 aliphatic heterocycles. The van der Waals surface area contributed by atoms with Gasteiger partial charge in [-0.3, -0.25) is 9.36 Å². The predicted octanol–water partition coefficient (Wildman–Crippen LogP) is 7.15. The van der Waals surface area contributed by atoms with E-state index < -0.39 is 70.1 Å². The number of hydrogen-bond donors (Lipinski definition) is 0. The Labute approximate surface area is 206 Å². The minimum atomic E-state index is -5.17. The molecule has 0 saturated carbocycles. The maximum absolute atomic E-state index is 14.3. The lowest BCUT2D eigenvalue weighted by Crippen LogP contribution is -2.29. The number of alkyl halides is 6. The summed E-state index contributed by atoms with van der Waals surface area (Å²) in [6, 6.07) is 6.81. The summed E-state index contributed by atoms with van der Waals surface area (Å²) in [5, 5.41) is 9.24. The van der Waals surface area contributed by atoms with Crippen LogP contribution in [-0.2, 0) is 18.9 Å². The molecular weight excluding hydrogens is 531 g/mol. The molecule has 0 atom stereocenters. The lowest BCUT2D eigenvalue weighted by molar-refractivity contribution is -0.140. The van der Waals surface area contributed by atoms with Gasteiger partial charge in [0.1, 0.15) is 29.1 Å². The normalized spacial score (nSPS) is 12.0. The molecule has 4 rings (SSSR count). The molecule has 0 amide bonds. The van der Waals surface area contributed by atoms with Gasteiger partial charge in [-0.1, -0.05) is 12.1 Å². The van der Waals surface area contributed by atoms with Gasteiger partial charge in [-0.2, -0.15) is 31.6 Å². The van der Waals surface area contributed by atoms with E-state index >= 15 is 0 Å². The molecule has 38 heavy (non-hydrogen) atoms. The summed E-state index contributed by atoms with van der Waals surface area (Å²) in [4.78, 5) is 12.9. The molecule has 0 aliphatic carbocycles. The van der Waals surface area contributed by atoms with Crippen LogP contribution in [0.25, 0.3) is 22.6 Å². The van der Waals surface area contributed by atoms with Gasteiger partial charge in [0.2, 0.25) is 0 Å². The van der Waals surface area contributed by atoms with Crippen molar-refractivity contribution in [1.29, 1.82) is 5.26 Å². The lowest BCUT2D eigenvalue weighted by atomic mass is 10.0. The molecule has 0 saturated heterocycles. The fourth-order valence-corrected chi connectivity index (χ4v) is 3.70. The van der Waals surface area contributed by atoms with E-state index in [4.69, 9.17) is 4.42 Å². The van der Waals surface area contributed by atoms with Crippen molar-refractivity contribution in [2.45, 2.75) is 18.9 Å². The Morgan fingerprint density at radius 1 is 0.816 bits per heavy atom. The Kier molecular flexibility index (Phi) is 6.61. The highest BCUT2D eigenvalue weighted by Crippen LogP contribution is 2.37. The molecule has 4 aromatic rings. The van der Waals surface area contributed by atoms with Crippen molar-refractivity contribution >= 4 is 0 Å². The van der Waals surface area contributed by atoms with E-state index in [1.165, 1.54) is 6.07 Å². The Hall–Kier alpha value is -4.47. The van der Waals surface area contributed by atoms with Crippen molar-refractivity contribution in [3.8, 4) is 28.7 Å². The number of halogens is 9. The van der Waals surface area contributed by atoms with Gasteiger partial charge in [-0.15, -0.1) is 0 Å². The number of aromatic nitrogens is 1. The van der Waals surface area contributed by atoms with E-state index in [-0.39, 0.29) is 16.7 Å². The maximum atomic E-state index is 14.3.